The summed E-state index contributed by atoms with van der Waals surface area (Å²) in [5, 5.41) is 20.4. The zero-order chi connectivity index (χ0) is 21.3. The van der Waals surface area contributed by atoms with Crippen LogP contribution in [0.3, 0.4) is 0 Å². The van der Waals surface area contributed by atoms with E-state index in [1.807, 2.05) is 60.5 Å². The van der Waals surface area contributed by atoms with Crippen molar-refractivity contribution in [3.05, 3.63) is 63.6 Å². The van der Waals surface area contributed by atoms with Gasteiger partial charge in [0, 0.05) is 10.4 Å². The molecule has 7 heteroatoms. The number of amides is 1. The first-order valence-electron chi connectivity index (χ1n) is 10.3. The van der Waals surface area contributed by atoms with Crippen molar-refractivity contribution in [2.75, 3.05) is 5.01 Å². The lowest BCUT2D eigenvalue weighted by Crippen LogP contribution is -2.48. The third kappa shape index (κ3) is 4.27. The van der Waals surface area contributed by atoms with Gasteiger partial charge in [0.05, 0.1) is 28.9 Å². The Labute approximate surface area is 190 Å². The van der Waals surface area contributed by atoms with Crippen LogP contribution in [0.1, 0.15) is 44.2 Å². The highest BCUT2D eigenvalue weighted by Gasteiger charge is 2.40. The van der Waals surface area contributed by atoms with Crippen LogP contribution in [0.25, 0.3) is 0 Å². The fraction of sp³-hybridized carbons (Fsp3) is 0.391. The molecule has 0 radical (unpaired) electrons. The summed E-state index contributed by atoms with van der Waals surface area (Å²) in [6.07, 6.45) is 3.02. The minimum absolute atomic E-state index is 0.150. The van der Waals surface area contributed by atoms with E-state index in [0.717, 1.165) is 41.4 Å². The molecule has 30 heavy (non-hydrogen) atoms. The molecule has 0 aromatic heterocycles. The number of nitrogens with zero attached hydrogens (tertiary/aromatic N) is 2. The number of hydrogen-bond acceptors (Lipinski definition) is 4. The average Bonchev–Trinajstić information content (AvgIpc) is 3.08. The molecule has 158 valence electrons. The highest BCUT2D eigenvalue weighted by molar-refractivity contribution is 9.10. The Morgan fingerprint density at radius 2 is 1.87 bits per heavy atom. The number of halogens is 2. The average molecular weight is 491 g/mol. The highest BCUT2D eigenvalue weighted by Crippen LogP contribution is 2.41. The van der Waals surface area contributed by atoms with Crippen LogP contribution in [0.2, 0.25) is 5.02 Å². The van der Waals surface area contributed by atoms with Crippen LogP contribution in [0.4, 0.5) is 5.69 Å². The van der Waals surface area contributed by atoms with E-state index in [4.69, 9.17) is 16.7 Å². The zero-order valence-electron chi connectivity index (χ0n) is 16.8. The van der Waals surface area contributed by atoms with E-state index in [-0.39, 0.29) is 23.9 Å². The van der Waals surface area contributed by atoms with Gasteiger partial charge in [-0.15, -0.1) is 0 Å². The van der Waals surface area contributed by atoms with Gasteiger partial charge in [0.15, 0.2) is 0 Å². The molecule has 2 aromatic carbocycles. The maximum Gasteiger partial charge on any atom is 0.268 e. The largest absolute Gasteiger partial charge is 0.391 e. The molecule has 0 spiro atoms. The van der Waals surface area contributed by atoms with E-state index in [9.17, 15) is 9.90 Å². The molecule has 2 aromatic rings. The maximum atomic E-state index is 13.1. The molecule has 1 aliphatic heterocycles. The van der Waals surface area contributed by atoms with Crippen LogP contribution in [-0.2, 0) is 4.79 Å². The molecule has 0 saturated heterocycles. The highest BCUT2D eigenvalue weighted by atomic mass is 79.9. The molecule has 1 amide bonds. The zero-order valence-corrected chi connectivity index (χ0v) is 19.1. The van der Waals surface area contributed by atoms with Crippen molar-refractivity contribution in [3.63, 3.8) is 0 Å². The molecule has 0 bridgehead atoms. The van der Waals surface area contributed by atoms with Gasteiger partial charge in [0.1, 0.15) is 5.71 Å². The summed E-state index contributed by atoms with van der Waals surface area (Å²) in [5.41, 5.74) is 2.27. The van der Waals surface area contributed by atoms with Crippen molar-refractivity contribution in [3.8, 4) is 0 Å². The summed E-state index contributed by atoms with van der Waals surface area (Å²) in [5.74, 6) is -0.367. The molecule has 2 unspecified atom stereocenters. The summed E-state index contributed by atoms with van der Waals surface area (Å²) in [6.45, 7) is 2.01. The maximum absolute atomic E-state index is 13.1. The molecule has 1 fully saturated rings. The standard InChI is InChI=1S/C23H25BrClN3O2/c1-14-21(23(30)26-18-7-3-5-9-20(18)29)27-28(19-8-4-2-6-17(19)25)22(14)15-10-12-16(24)13-11-15/h2,4,6,8,10-14,18,20,22,29H,3,5,7,9H2,1H3,(H,26,30)/t14?,18-,20-,22?/m0/s1. The predicted octanol–water partition coefficient (Wildman–Crippen LogP) is 5.08. The Bertz CT molecular complexity index is 950. The Balaban J connectivity index is 1.67. The van der Waals surface area contributed by atoms with Crippen molar-refractivity contribution < 1.29 is 9.90 Å². The third-order valence-corrected chi connectivity index (χ3v) is 6.82. The van der Waals surface area contributed by atoms with Gasteiger partial charge >= 0.3 is 0 Å². The van der Waals surface area contributed by atoms with Crippen molar-refractivity contribution >= 4 is 44.8 Å². The molecule has 2 aliphatic rings. The van der Waals surface area contributed by atoms with E-state index in [2.05, 4.69) is 21.2 Å². The number of hydrogen-bond donors (Lipinski definition) is 2. The van der Waals surface area contributed by atoms with Crippen LogP contribution >= 0.6 is 27.5 Å². The van der Waals surface area contributed by atoms with Gasteiger partial charge in [0.25, 0.3) is 5.91 Å². The number of para-hydroxylation sites is 1. The number of carbonyl (C=O) groups is 1. The lowest BCUT2D eigenvalue weighted by atomic mass is 9.89. The molecule has 1 aliphatic carbocycles. The molecule has 1 saturated carbocycles. The number of aliphatic hydroxyl groups excluding tert-OH is 1. The molecule has 4 atom stereocenters. The van der Waals surface area contributed by atoms with Crippen LogP contribution in [0.5, 0.6) is 0 Å². The van der Waals surface area contributed by atoms with Crippen molar-refractivity contribution in [2.45, 2.75) is 50.8 Å². The van der Waals surface area contributed by atoms with E-state index in [1.54, 1.807) is 0 Å². The Morgan fingerprint density at radius 1 is 1.17 bits per heavy atom. The second-order valence-electron chi connectivity index (χ2n) is 8.00. The van der Waals surface area contributed by atoms with Crippen LogP contribution in [0, 0.1) is 5.92 Å². The topological polar surface area (TPSA) is 64.9 Å². The number of anilines is 1. The number of carbonyl (C=O) groups excluding carboxylic acids is 1. The fourth-order valence-corrected chi connectivity index (χ4v) is 4.82. The van der Waals surface area contributed by atoms with Crippen molar-refractivity contribution in [2.24, 2.45) is 11.0 Å². The van der Waals surface area contributed by atoms with Gasteiger partial charge in [-0.25, -0.2) is 0 Å². The van der Waals surface area contributed by atoms with E-state index in [0.29, 0.717) is 10.7 Å². The van der Waals surface area contributed by atoms with Gasteiger partial charge in [-0.1, -0.05) is 71.6 Å². The van der Waals surface area contributed by atoms with E-state index < -0.39 is 6.10 Å². The number of rotatable bonds is 4. The SMILES string of the molecule is CC1C(C(=O)N[C@H]2CCCC[C@@H]2O)=NN(c2ccccc2Cl)C1c1ccc(Br)cc1. The summed E-state index contributed by atoms with van der Waals surface area (Å²) >= 11 is 9.97. The first kappa shape index (κ1) is 21.3. The Kier molecular flexibility index (Phi) is 6.46. The summed E-state index contributed by atoms with van der Waals surface area (Å²) in [7, 11) is 0. The van der Waals surface area contributed by atoms with Crippen molar-refractivity contribution in [1.82, 2.24) is 5.32 Å². The molecule has 2 N–H and O–H groups in total. The molecular formula is C23H25BrClN3O2. The summed E-state index contributed by atoms with van der Waals surface area (Å²) in [4.78, 5) is 13.1. The molecule has 4 rings (SSSR count). The second kappa shape index (κ2) is 9.08. The van der Waals surface area contributed by atoms with Gasteiger partial charge in [0.2, 0.25) is 0 Å². The smallest absolute Gasteiger partial charge is 0.268 e. The van der Waals surface area contributed by atoms with Crippen LogP contribution < -0.4 is 10.3 Å². The van der Waals surface area contributed by atoms with Gasteiger partial charge < -0.3 is 10.4 Å². The number of nitrogens with one attached hydrogen (secondary N) is 1. The minimum Gasteiger partial charge on any atom is -0.391 e. The number of benzene rings is 2. The summed E-state index contributed by atoms with van der Waals surface area (Å²) < 4.78 is 0.992. The lowest BCUT2D eigenvalue weighted by Gasteiger charge is -2.29. The molecular weight excluding hydrogens is 466 g/mol. The lowest BCUT2D eigenvalue weighted by molar-refractivity contribution is -0.116. The minimum atomic E-state index is -0.498. The first-order chi connectivity index (χ1) is 14.5. The monoisotopic (exact) mass is 489 g/mol. The van der Waals surface area contributed by atoms with Crippen molar-refractivity contribution in [1.29, 1.82) is 0 Å². The Hall–Kier alpha value is -1.89. The van der Waals surface area contributed by atoms with Gasteiger partial charge in [-0.05, 0) is 42.7 Å². The molecule has 5 nitrogen and oxygen atoms in total. The summed E-state index contributed by atoms with van der Waals surface area (Å²) in [6, 6.07) is 15.2. The quantitative estimate of drug-likeness (QED) is 0.628. The number of aliphatic hydroxyl groups is 1. The van der Waals surface area contributed by atoms with E-state index in [1.165, 1.54) is 0 Å². The van der Waals surface area contributed by atoms with Gasteiger partial charge in [-0.2, -0.15) is 5.10 Å². The fourth-order valence-electron chi connectivity index (χ4n) is 4.34. The van der Waals surface area contributed by atoms with Crippen LogP contribution in [0.15, 0.2) is 58.1 Å². The van der Waals surface area contributed by atoms with Crippen LogP contribution in [-0.4, -0.2) is 28.9 Å². The normalized spacial score (nSPS) is 26.4. The third-order valence-electron chi connectivity index (χ3n) is 5.97. The van der Waals surface area contributed by atoms with Gasteiger partial charge in [-0.3, -0.25) is 9.80 Å². The first-order valence-corrected chi connectivity index (χ1v) is 11.5. The second-order valence-corrected chi connectivity index (χ2v) is 9.32. The number of hydrazone groups is 1. The van der Waals surface area contributed by atoms with E-state index >= 15 is 0 Å². The molecule has 1 heterocycles. The Morgan fingerprint density at radius 3 is 2.57 bits per heavy atom. The predicted molar refractivity (Wildman–Crippen MR) is 124 cm³/mol.